The number of fused-ring (bicyclic) bond motifs is 1. The highest BCUT2D eigenvalue weighted by molar-refractivity contribution is 7.16. The van der Waals surface area contributed by atoms with Crippen molar-refractivity contribution in [3.63, 3.8) is 0 Å². The third kappa shape index (κ3) is 6.54. The first-order valence-corrected chi connectivity index (χ1v) is 14.6. The number of benzene rings is 2. The van der Waals surface area contributed by atoms with Crippen LogP contribution in [-0.2, 0) is 11.0 Å². The predicted octanol–water partition coefficient (Wildman–Crippen LogP) is 7.31. The zero-order valence-electron chi connectivity index (χ0n) is 23.6. The zero-order chi connectivity index (χ0) is 30.6. The Morgan fingerprint density at radius 1 is 1.05 bits per heavy atom. The molecule has 2 aromatic carbocycles. The maximum Gasteiger partial charge on any atom is 0.416 e. The van der Waals surface area contributed by atoms with Gasteiger partial charge < -0.3 is 24.4 Å². The lowest BCUT2D eigenvalue weighted by molar-refractivity contribution is -0.138. The highest BCUT2D eigenvalue weighted by Crippen LogP contribution is 2.49. The molecule has 2 aliphatic heterocycles. The van der Waals surface area contributed by atoms with Crippen LogP contribution in [0.1, 0.15) is 36.8 Å². The molecule has 0 radical (unpaired) electrons. The van der Waals surface area contributed by atoms with Crippen LogP contribution >= 0.6 is 22.9 Å². The fourth-order valence-electron chi connectivity index (χ4n) is 4.98. The number of anilines is 2. The number of nitrogens with zero attached hydrogens (tertiary/aromatic N) is 4. The first-order valence-electron chi connectivity index (χ1n) is 13.4. The number of ether oxygens (including phenoxy) is 2. The van der Waals surface area contributed by atoms with E-state index in [0.29, 0.717) is 47.0 Å². The number of hydrogen-bond donors (Lipinski definition) is 1. The minimum atomic E-state index is -4.61. The van der Waals surface area contributed by atoms with Crippen LogP contribution in [0.3, 0.4) is 0 Å². The average Bonchev–Trinajstić information content (AvgIpc) is 3.37. The quantitative estimate of drug-likeness (QED) is 0.308. The number of carboxylic acid groups (broad SMARTS) is 1. The van der Waals surface area contributed by atoms with Crippen molar-refractivity contribution in [1.82, 2.24) is 4.90 Å². The summed E-state index contributed by atoms with van der Waals surface area (Å²) in [6.07, 6.45) is -5.00. The van der Waals surface area contributed by atoms with Crippen LogP contribution in [0.2, 0.25) is 4.34 Å². The Morgan fingerprint density at radius 3 is 2.36 bits per heavy atom. The minimum absolute atomic E-state index is 0.0766. The molecule has 0 aliphatic carbocycles. The van der Waals surface area contributed by atoms with Gasteiger partial charge in [-0.05, 0) is 36.4 Å². The van der Waals surface area contributed by atoms with Gasteiger partial charge in [-0.15, -0.1) is 11.3 Å². The second-order valence-corrected chi connectivity index (χ2v) is 11.0. The number of aliphatic carboxylic acids is 1. The van der Waals surface area contributed by atoms with Gasteiger partial charge in [-0.25, -0.2) is 4.99 Å². The number of guanidine groups is 1. The molecule has 0 saturated carbocycles. The van der Waals surface area contributed by atoms with Crippen molar-refractivity contribution in [2.45, 2.75) is 32.5 Å². The Morgan fingerprint density at radius 2 is 1.74 bits per heavy atom. The number of alkyl halides is 3. The van der Waals surface area contributed by atoms with Crippen molar-refractivity contribution in [2.75, 3.05) is 50.2 Å². The van der Waals surface area contributed by atoms with Gasteiger partial charge in [0.2, 0.25) is 5.96 Å². The first-order chi connectivity index (χ1) is 20.1. The number of halogens is 4. The molecule has 3 heterocycles. The smallest absolute Gasteiger partial charge is 0.416 e. The van der Waals surface area contributed by atoms with Gasteiger partial charge in [0.1, 0.15) is 11.5 Å². The molecule has 0 bridgehead atoms. The first kappa shape index (κ1) is 31.3. The van der Waals surface area contributed by atoms with E-state index >= 15 is 0 Å². The summed E-state index contributed by atoms with van der Waals surface area (Å²) >= 11 is 7.48. The van der Waals surface area contributed by atoms with Gasteiger partial charge >= 0.3 is 12.1 Å². The van der Waals surface area contributed by atoms with E-state index in [9.17, 15) is 23.1 Å². The van der Waals surface area contributed by atoms with E-state index in [1.165, 1.54) is 13.2 Å². The van der Waals surface area contributed by atoms with E-state index in [-0.39, 0.29) is 17.9 Å². The van der Waals surface area contributed by atoms with E-state index in [1.807, 2.05) is 43.0 Å². The average molecular weight is 625 g/mol. The number of carbonyl (C=O) groups is 1. The van der Waals surface area contributed by atoms with Crippen LogP contribution in [0.4, 0.5) is 30.2 Å². The molecule has 42 heavy (non-hydrogen) atoms. The molecule has 1 N–H and O–H groups in total. The molecule has 1 saturated heterocycles. The fourth-order valence-corrected chi connectivity index (χ4v) is 6.25. The summed E-state index contributed by atoms with van der Waals surface area (Å²) in [5.74, 6) is 0.131. The molecule has 2 aliphatic rings. The number of carboxylic acids is 1. The summed E-state index contributed by atoms with van der Waals surface area (Å²) < 4.78 is 52.6. The van der Waals surface area contributed by atoms with Crippen molar-refractivity contribution in [3.05, 3.63) is 63.3 Å². The summed E-state index contributed by atoms with van der Waals surface area (Å²) in [6, 6.07) is 11.7. The van der Waals surface area contributed by atoms with Crippen molar-refractivity contribution in [3.8, 4) is 11.5 Å². The van der Waals surface area contributed by atoms with E-state index in [4.69, 9.17) is 26.1 Å². The summed E-state index contributed by atoms with van der Waals surface area (Å²) in [6.45, 7) is 6.17. The standard InChI is InChI=1S/C27H26ClF3N4O4S.C2H6/c1-38-18-5-3-4-17(13-18)33-8-10-34(11-9-33)26-32-19-14-23(28)40-25(19)21(15-24(36)37)35(26)20-12-16(27(29,30)31)6-7-22(20)39-2;1-2/h3-7,12-14,21H,8-11,15H2,1-2H3,(H,36,37);1-2H3. The molecule has 0 amide bonds. The van der Waals surface area contributed by atoms with Crippen molar-refractivity contribution in [2.24, 2.45) is 4.99 Å². The van der Waals surface area contributed by atoms with Gasteiger partial charge in [-0.2, -0.15) is 13.2 Å². The number of aliphatic imine (C=N–C) groups is 1. The number of thiophene rings is 1. The van der Waals surface area contributed by atoms with Crippen molar-refractivity contribution >= 4 is 51.9 Å². The van der Waals surface area contributed by atoms with Gasteiger partial charge in [0.05, 0.1) is 52.8 Å². The van der Waals surface area contributed by atoms with Crippen LogP contribution in [0.5, 0.6) is 11.5 Å². The molecule has 8 nitrogen and oxygen atoms in total. The summed E-state index contributed by atoms with van der Waals surface area (Å²) in [4.78, 5) is 23.1. The van der Waals surface area contributed by atoms with E-state index in [1.54, 1.807) is 18.1 Å². The molecule has 0 spiro atoms. The molecule has 5 rings (SSSR count). The summed E-state index contributed by atoms with van der Waals surface area (Å²) in [5, 5.41) is 9.84. The highest BCUT2D eigenvalue weighted by atomic mass is 35.5. The summed E-state index contributed by atoms with van der Waals surface area (Å²) in [7, 11) is 2.97. The number of rotatable bonds is 6. The van der Waals surface area contributed by atoms with Crippen molar-refractivity contribution < 1.29 is 32.5 Å². The minimum Gasteiger partial charge on any atom is -0.497 e. The monoisotopic (exact) mass is 624 g/mol. The van der Waals surface area contributed by atoms with E-state index < -0.39 is 23.8 Å². The maximum atomic E-state index is 13.8. The van der Waals surface area contributed by atoms with Crippen LogP contribution in [0.25, 0.3) is 0 Å². The van der Waals surface area contributed by atoms with Crippen LogP contribution in [0.15, 0.2) is 53.5 Å². The molecule has 1 atom stereocenters. The zero-order valence-corrected chi connectivity index (χ0v) is 25.2. The van der Waals surface area contributed by atoms with Crippen molar-refractivity contribution in [1.29, 1.82) is 0 Å². The topological polar surface area (TPSA) is 77.8 Å². The Bertz CT molecular complexity index is 1440. The number of piperazine rings is 1. The summed E-state index contributed by atoms with van der Waals surface area (Å²) in [5.41, 5.74) is 0.688. The number of hydrogen-bond acceptors (Lipinski definition) is 8. The molecule has 1 unspecified atom stereocenters. The molecule has 226 valence electrons. The van der Waals surface area contributed by atoms with E-state index in [0.717, 1.165) is 34.9 Å². The normalized spacial score (nSPS) is 16.7. The fraction of sp³-hybridized carbons (Fsp3) is 0.379. The molecule has 1 fully saturated rings. The maximum absolute atomic E-state index is 13.8. The molecular formula is C29H32ClF3N4O4S. The third-order valence-corrected chi connectivity index (χ3v) is 8.23. The largest absolute Gasteiger partial charge is 0.497 e. The van der Waals surface area contributed by atoms with E-state index in [2.05, 4.69) is 4.90 Å². The second kappa shape index (κ2) is 13.1. The third-order valence-electron chi connectivity index (χ3n) is 6.88. The second-order valence-electron chi connectivity index (χ2n) is 9.26. The van der Waals surface area contributed by atoms with Gasteiger partial charge in [0.25, 0.3) is 0 Å². The van der Waals surface area contributed by atoms with Crippen LogP contribution < -0.4 is 19.3 Å². The van der Waals surface area contributed by atoms with Crippen LogP contribution in [0, 0.1) is 0 Å². The Labute approximate surface area is 251 Å². The Hall–Kier alpha value is -3.64. The Kier molecular flexibility index (Phi) is 9.78. The van der Waals surface area contributed by atoms with Crippen LogP contribution in [-0.4, -0.2) is 62.3 Å². The van der Waals surface area contributed by atoms with Gasteiger partial charge in [-0.3, -0.25) is 9.69 Å². The highest BCUT2D eigenvalue weighted by Gasteiger charge is 2.40. The lowest BCUT2D eigenvalue weighted by Gasteiger charge is -2.44. The number of methoxy groups -OCH3 is 2. The van der Waals surface area contributed by atoms with Gasteiger partial charge in [0.15, 0.2) is 0 Å². The molecule has 1 aromatic heterocycles. The van der Waals surface area contributed by atoms with Gasteiger partial charge in [0, 0.05) is 37.9 Å². The van der Waals surface area contributed by atoms with Gasteiger partial charge in [-0.1, -0.05) is 31.5 Å². The molecule has 13 heteroatoms. The lowest BCUT2D eigenvalue weighted by Crippen LogP contribution is -2.55. The lowest BCUT2D eigenvalue weighted by atomic mass is 10.0. The SMILES string of the molecule is CC.COc1cccc(N2CCN(C3=Nc4cc(Cl)sc4C(CC(=O)O)N3c3cc(C(F)(F)F)ccc3OC)CC2)c1. The molecule has 3 aromatic rings. The molecular weight excluding hydrogens is 593 g/mol. The predicted molar refractivity (Wildman–Crippen MR) is 160 cm³/mol. The Balaban J connectivity index is 0.00000198.